The van der Waals surface area contributed by atoms with Crippen molar-refractivity contribution in [3.05, 3.63) is 0 Å². The van der Waals surface area contributed by atoms with E-state index in [1.54, 1.807) is 0 Å². The molecular weight excluding hydrogens is 219 g/mol. The summed E-state index contributed by atoms with van der Waals surface area (Å²) in [7, 11) is 0. The lowest BCUT2D eigenvalue weighted by molar-refractivity contribution is -0.182. The van der Waals surface area contributed by atoms with Crippen molar-refractivity contribution in [2.45, 2.75) is 36.9 Å². The predicted molar refractivity (Wildman–Crippen MR) is 44.9 cm³/mol. The molecule has 80 valence electrons. The molecular formula is C8H9ClF3NO. The Morgan fingerprint density at radius 2 is 2.00 bits per heavy atom. The summed E-state index contributed by atoms with van der Waals surface area (Å²) in [4.78, 5) is 13.2. The molecule has 2 nitrogen and oxygen atoms in total. The number of alkyl halides is 4. The van der Waals surface area contributed by atoms with E-state index >= 15 is 0 Å². The Morgan fingerprint density at radius 1 is 1.36 bits per heavy atom. The van der Waals surface area contributed by atoms with Crippen LogP contribution in [-0.4, -0.2) is 23.7 Å². The van der Waals surface area contributed by atoms with Crippen LogP contribution in [0.15, 0.2) is 4.99 Å². The van der Waals surface area contributed by atoms with Crippen LogP contribution in [0.3, 0.4) is 0 Å². The lowest BCUT2D eigenvalue weighted by Crippen LogP contribution is -2.35. The van der Waals surface area contributed by atoms with Gasteiger partial charge in [-0.3, -0.25) is 0 Å². The monoisotopic (exact) mass is 227 g/mol. The Balaban J connectivity index is 2.66. The molecule has 0 aromatic carbocycles. The molecule has 1 aliphatic carbocycles. The highest BCUT2D eigenvalue weighted by Gasteiger charge is 2.44. The van der Waals surface area contributed by atoms with Crippen LogP contribution >= 0.6 is 11.6 Å². The van der Waals surface area contributed by atoms with Gasteiger partial charge < -0.3 is 0 Å². The van der Waals surface area contributed by atoms with Crippen molar-refractivity contribution in [1.29, 1.82) is 0 Å². The molecule has 0 saturated heterocycles. The summed E-state index contributed by atoms with van der Waals surface area (Å²) in [5.41, 5.74) is 0. The van der Waals surface area contributed by atoms with Crippen LogP contribution in [0.25, 0.3) is 0 Å². The maximum atomic E-state index is 12.3. The molecule has 0 N–H and O–H groups in total. The molecule has 0 heterocycles. The zero-order chi connectivity index (χ0) is 10.8. The van der Waals surface area contributed by atoms with E-state index in [4.69, 9.17) is 11.6 Å². The van der Waals surface area contributed by atoms with Crippen LogP contribution < -0.4 is 0 Å². The second-order valence-corrected chi connectivity index (χ2v) is 3.92. The first kappa shape index (κ1) is 11.5. The minimum absolute atomic E-state index is 0.0164. The number of aliphatic imine (C=N–C) groups is 1. The van der Waals surface area contributed by atoms with Gasteiger partial charge in [-0.1, -0.05) is 0 Å². The van der Waals surface area contributed by atoms with E-state index in [0.29, 0.717) is 0 Å². The molecule has 1 fully saturated rings. The van der Waals surface area contributed by atoms with E-state index in [-0.39, 0.29) is 19.3 Å². The third-order valence-electron chi connectivity index (χ3n) is 2.42. The summed E-state index contributed by atoms with van der Waals surface area (Å²) < 4.78 is 36.9. The lowest BCUT2D eigenvalue weighted by Gasteiger charge is -2.30. The van der Waals surface area contributed by atoms with E-state index in [1.165, 1.54) is 6.08 Å². The van der Waals surface area contributed by atoms with Gasteiger partial charge in [0.2, 0.25) is 6.08 Å². The van der Waals surface area contributed by atoms with Gasteiger partial charge in [-0.05, 0) is 19.3 Å². The first-order valence-electron chi connectivity index (χ1n) is 4.23. The summed E-state index contributed by atoms with van der Waals surface area (Å²) >= 11 is 5.74. The van der Waals surface area contributed by atoms with Gasteiger partial charge in [-0.25, -0.2) is 9.79 Å². The average Bonchev–Trinajstić information content (AvgIpc) is 2.07. The van der Waals surface area contributed by atoms with Crippen LogP contribution in [0.4, 0.5) is 13.2 Å². The van der Waals surface area contributed by atoms with Gasteiger partial charge in [0, 0.05) is 0 Å². The van der Waals surface area contributed by atoms with Gasteiger partial charge in [0.15, 0.2) is 0 Å². The molecule has 0 amide bonds. The molecule has 1 rings (SSSR count). The smallest absolute Gasteiger partial charge is 0.211 e. The molecule has 14 heavy (non-hydrogen) atoms. The van der Waals surface area contributed by atoms with Crippen molar-refractivity contribution in [3.8, 4) is 0 Å². The Hall–Kier alpha value is -0.540. The number of halogens is 4. The predicted octanol–water partition coefficient (Wildman–Crippen LogP) is 2.66. The zero-order valence-corrected chi connectivity index (χ0v) is 7.98. The van der Waals surface area contributed by atoms with E-state index in [0.717, 1.165) is 0 Å². The fourth-order valence-corrected chi connectivity index (χ4v) is 1.89. The maximum absolute atomic E-state index is 12.3. The van der Waals surface area contributed by atoms with Crippen LogP contribution in [0, 0.1) is 5.92 Å². The highest BCUT2D eigenvalue weighted by Crippen LogP contribution is 2.39. The van der Waals surface area contributed by atoms with Crippen LogP contribution in [0.5, 0.6) is 0 Å². The number of hydrogen-bond donors (Lipinski definition) is 0. The van der Waals surface area contributed by atoms with Gasteiger partial charge in [-0.15, -0.1) is 11.6 Å². The minimum atomic E-state index is -4.21. The van der Waals surface area contributed by atoms with Crippen molar-refractivity contribution in [2.75, 3.05) is 0 Å². The van der Waals surface area contributed by atoms with E-state index in [9.17, 15) is 18.0 Å². The molecule has 0 radical (unpaired) electrons. The standard InChI is InChI=1S/C8H9ClF3NO/c9-6-2-1-5(8(10,11)12)3-7(6)13-4-14/h5-7H,1-3H2. The number of nitrogens with zero attached hydrogens (tertiary/aromatic N) is 1. The molecule has 0 aromatic rings. The Morgan fingerprint density at radius 3 is 2.50 bits per heavy atom. The summed E-state index contributed by atoms with van der Waals surface area (Å²) in [6.45, 7) is 0. The molecule has 0 bridgehead atoms. The largest absolute Gasteiger partial charge is 0.391 e. The van der Waals surface area contributed by atoms with E-state index in [2.05, 4.69) is 4.99 Å². The highest BCUT2D eigenvalue weighted by atomic mass is 35.5. The zero-order valence-electron chi connectivity index (χ0n) is 7.22. The average molecular weight is 228 g/mol. The van der Waals surface area contributed by atoms with Crippen molar-refractivity contribution >= 4 is 17.7 Å². The number of rotatable bonds is 1. The Labute approximate surface area is 84.1 Å². The van der Waals surface area contributed by atoms with Gasteiger partial charge in [0.05, 0.1) is 17.3 Å². The molecule has 0 aromatic heterocycles. The molecule has 0 spiro atoms. The Bertz CT molecular complexity index is 249. The molecule has 1 saturated carbocycles. The van der Waals surface area contributed by atoms with Gasteiger partial charge in [-0.2, -0.15) is 13.2 Å². The summed E-state index contributed by atoms with van der Waals surface area (Å²) in [6.07, 6.45) is -2.90. The molecule has 3 atom stereocenters. The lowest BCUT2D eigenvalue weighted by atomic mass is 9.85. The van der Waals surface area contributed by atoms with E-state index < -0.39 is 23.5 Å². The van der Waals surface area contributed by atoms with Crippen LogP contribution in [-0.2, 0) is 4.79 Å². The molecule has 1 aliphatic rings. The van der Waals surface area contributed by atoms with Crippen LogP contribution in [0.1, 0.15) is 19.3 Å². The fourth-order valence-electron chi connectivity index (χ4n) is 1.61. The third kappa shape index (κ3) is 2.72. The first-order valence-corrected chi connectivity index (χ1v) is 4.66. The van der Waals surface area contributed by atoms with Crippen molar-refractivity contribution in [2.24, 2.45) is 10.9 Å². The quantitative estimate of drug-likeness (QED) is 0.385. The topological polar surface area (TPSA) is 29.4 Å². The van der Waals surface area contributed by atoms with Gasteiger partial charge in [0.25, 0.3) is 0 Å². The second kappa shape index (κ2) is 4.32. The second-order valence-electron chi connectivity index (χ2n) is 3.36. The summed E-state index contributed by atoms with van der Waals surface area (Å²) in [5, 5.41) is -0.477. The SMILES string of the molecule is O=C=NC1CC(C(F)(F)F)CCC1Cl. The normalized spacial score (nSPS) is 33.6. The number of carbonyl (C=O) groups excluding carboxylic acids is 1. The summed E-state index contributed by atoms with van der Waals surface area (Å²) in [5.74, 6) is -1.39. The number of isocyanates is 1. The summed E-state index contributed by atoms with van der Waals surface area (Å²) in [6, 6.07) is -0.741. The Kier molecular flexibility index (Phi) is 3.56. The van der Waals surface area contributed by atoms with Gasteiger partial charge in [0.1, 0.15) is 0 Å². The first-order chi connectivity index (χ1) is 6.45. The minimum Gasteiger partial charge on any atom is -0.211 e. The molecule has 3 unspecified atom stereocenters. The van der Waals surface area contributed by atoms with E-state index in [1.807, 2.05) is 0 Å². The molecule has 0 aliphatic heterocycles. The van der Waals surface area contributed by atoms with Crippen molar-refractivity contribution in [3.63, 3.8) is 0 Å². The highest BCUT2D eigenvalue weighted by molar-refractivity contribution is 6.21. The fraction of sp³-hybridized carbons (Fsp3) is 0.875. The van der Waals surface area contributed by atoms with Crippen molar-refractivity contribution < 1.29 is 18.0 Å². The number of hydrogen-bond acceptors (Lipinski definition) is 2. The third-order valence-corrected chi connectivity index (χ3v) is 2.92. The molecule has 6 heteroatoms. The van der Waals surface area contributed by atoms with Gasteiger partial charge >= 0.3 is 6.18 Å². The van der Waals surface area contributed by atoms with Crippen LogP contribution in [0.2, 0.25) is 0 Å². The van der Waals surface area contributed by atoms with Crippen molar-refractivity contribution in [1.82, 2.24) is 0 Å². The maximum Gasteiger partial charge on any atom is 0.391 e.